The molecular formula is C12H21N3O4S. The SMILES string of the molecule is NC(=O)CN(C(=O)C1CCCCS1(=O)=O)C1CCNC1. The van der Waals surface area contributed by atoms with Gasteiger partial charge in [0.25, 0.3) is 0 Å². The van der Waals surface area contributed by atoms with Gasteiger partial charge in [-0.15, -0.1) is 0 Å². The number of primary amides is 1. The van der Waals surface area contributed by atoms with E-state index in [2.05, 4.69) is 5.32 Å². The molecule has 2 atom stereocenters. The highest BCUT2D eigenvalue weighted by Crippen LogP contribution is 2.23. The number of nitrogens with one attached hydrogen (secondary N) is 1. The number of rotatable bonds is 4. The molecule has 114 valence electrons. The zero-order valence-electron chi connectivity index (χ0n) is 11.4. The molecule has 2 aliphatic rings. The summed E-state index contributed by atoms with van der Waals surface area (Å²) in [6.45, 7) is 1.12. The van der Waals surface area contributed by atoms with Gasteiger partial charge in [-0.25, -0.2) is 8.42 Å². The largest absolute Gasteiger partial charge is 0.368 e. The van der Waals surface area contributed by atoms with E-state index in [9.17, 15) is 18.0 Å². The number of nitrogens with two attached hydrogens (primary N) is 1. The molecule has 0 aromatic rings. The molecule has 2 rings (SSSR count). The van der Waals surface area contributed by atoms with Gasteiger partial charge in [-0.05, 0) is 25.8 Å². The second kappa shape index (κ2) is 6.09. The van der Waals surface area contributed by atoms with Crippen molar-refractivity contribution in [1.29, 1.82) is 0 Å². The molecule has 2 amide bonds. The lowest BCUT2D eigenvalue weighted by molar-refractivity contribution is -0.137. The van der Waals surface area contributed by atoms with E-state index >= 15 is 0 Å². The van der Waals surface area contributed by atoms with Crippen LogP contribution < -0.4 is 11.1 Å². The smallest absolute Gasteiger partial charge is 0.241 e. The van der Waals surface area contributed by atoms with Crippen LogP contribution in [0, 0.1) is 0 Å². The van der Waals surface area contributed by atoms with E-state index in [4.69, 9.17) is 5.73 Å². The van der Waals surface area contributed by atoms with Crippen molar-refractivity contribution in [1.82, 2.24) is 10.2 Å². The third kappa shape index (κ3) is 3.29. The summed E-state index contributed by atoms with van der Waals surface area (Å²) in [5.41, 5.74) is 5.19. The normalized spacial score (nSPS) is 29.0. The van der Waals surface area contributed by atoms with Crippen molar-refractivity contribution in [2.45, 2.75) is 37.0 Å². The third-order valence-corrected chi connectivity index (χ3v) is 6.10. The van der Waals surface area contributed by atoms with Crippen LogP contribution in [-0.4, -0.2) is 61.8 Å². The lowest BCUT2D eigenvalue weighted by Crippen LogP contribution is -2.52. The Morgan fingerprint density at radius 3 is 2.55 bits per heavy atom. The fraction of sp³-hybridized carbons (Fsp3) is 0.833. The van der Waals surface area contributed by atoms with Crippen LogP contribution >= 0.6 is 0 Å². The molecule has 2 heterocycles. The molecule has 20 heavy (non-hydrogen) atoms. The fourth-order valence-corrected chi connectivity index (χ4v) is 4.74. The van der Waals surface area contributed by atoms with Gasteiger partial charge in [-0.3, -0.25) is 9.59 Å². The standard InChI is InChI=1S/C12H21N3O4S/c13-11(16)8-15(9-4-5-14-7-9)12(17)10-3-1-2-6-20(10,18)19/h9-10,14H,1-8H2,(H2,13,16). The summed E-state index contributed by atoms with van der Waals surface area (Å²) in [5.74, 6) is -1.02. The van der Waals surface area contributed by atoms with Gasteiger partial charge >= 0.3 is 0 Å². The van der Waals surface area contributed by atoms with E-state index < -0.39 is 26.9 Å². The first-order valence-corrected chi connectivity index (χ1v) is 8.64. The summed E-state index contributed by atoms with van der Waals surface area (Å²) in [5, 5.41) is 2.11. The van der Waals surface area contributed by atoms with Crippen molar-refractivity contribution in [3.8, 4) is 0 Å². The maximum atomic E-state index is 12.5. The minimum atomic E-state index is -3.40. The molecule has 0 aliphatic carbocycles. The summed E-state index contributed by atoms with van der Waals surface area (Å²) in [7, 11) is -3.40. The molecule has 0 bridgehead atoms. The van der Waals surface area contributed by atoms with Gasteiger partial charge in [-0.1, -0.05) is 6.42 Å². The van der Waals surface area contributed by atoms with Gasteiger partial charge in [0, 0.05) is 12.6 Å². The first-order valence-electron chi connectivity index (χ1n) is 6.93. The van der Waals surface area contributed by atoms with Gasteiger partial charge in [-0.2, -0.15) is 0 Å². The highest BCUT2D eigenvalue weighted by molar-refractivity contribution is 7.92. The number of hydrogen-bond donors (Lipinski definition) is 2. The van der Waals surface area contributed by atoms with E-state index in [1.54, 1.807) is 0 Å². The highest BCUT2D eigenvalue weighted by atomic mass is 32.2. The van der Waals surface area contributed by atoms with Crippen molar-refractivity contribution in [3.05, 3.63) is 0 Å². The first kappa shape index (κ1) is 15.2. The quantitative estimate of drug-likeness (QED) is 0.666. The van der Waals surface area contributed by atoms with Crippen LogP contribution in [0.1, 0.15) is 25.7 Å². The van der Waals surface area contributed by atoms with Crippen LogP contribution in [0.15, 0.2) is 0 Å². The summed E-state index contributed by atoms with van der Waals surface area (Å²) in [4.78, 5) is 25.1. The van der Waals surface area contributed by atoms with Gasteiger partial charge in [0.05, 0.1) is 12.3 Å². The molecule has 2 unspecified atom stereocenters. The van der Waals surface area contributed by atoms with Crippen LogP contribution in [0.25, 0.3) is 0 Å². The molecule has 0 aromatic heterocycles. The van der Waals surface area contributed by atoms with Crippen molar-refractivity contribution in [3.63, 3.8) is 0 Å². The zero-order valence-corrected chi connectivity index (χ0v) is 12.2. The monoisotopic (exact) mass is 303 g/mol. The Labute approximate surface area is 118 Å². The number of nitrogens with zero attached hydrogens (tertiary/aromatic N) is 1. The van der Waals surface area contributed by atoms with Crippen LogP contribution in [0.5, 0.6) is 0 Å². The second-order valence-corrected chi connectivity index (χ2v) is 7.73. The summed E-state index contributed by atoms with van der Waals surface area (Å²) in [6.07, 6.45) is 2.39. The predicted molar refractivity (Wildman–Crippen MR) is 73.6 cm³/mol. The number of sulfone groups is 1. The highest BCUT2D eigenvalue weighted by Gasteiger charge is 2.40. The lowest BCUT2D eigenvalue weighted by Gasteiger charge is -2.32. The molecule has 2 fully saturated rings. The molecule has 2 saturated heterocycles. The predicted octanol–water partition coefficient (Wildman–Crippen LogP) is -1.37. The minimum Gasteiger partial charge on any atom is -0.368 e. The Bertz CT molecular complexity index is 485. The van der Waals surface area contributed by atoms with E-state index in [0.717, 1.165) is 13.0 Å². The molecule has 7 nitrogen and oxygen atoms in total. The van der Waals surface area contributed by atoms with Crippen molar-refractivity contribution < 1.29 is 18.0 Å². The fourth-order valence-electron chi connectivity index (χ4n) is 2.88. The average molecular weight is 303 g/mol. The van der Waals surface area contributed by atoms with Crippen LogP contribution in [0.4, 0.5) is 0 Å². The van der Waals surface area contributed by atoms with Gasteiger partial charge in [0.1, 0.15) is 5.25 Å². The first-order chi connectivity index (χ1) is 9.42. The van der Waals surface area contributed by atoms with Crippen molar-refractivity contribution in [2.24, 2.45) is 5.73 Å². The molecule has 0 spiro atoms. The molecular weight excluding hydrogens is 282 g/mol. The molecule has 0 aromatic carbocycles. The van der Waals surface area contributed by atoms with E-state index in [1.165, 1.54) is 4.90 Å². The molecule has 3 N–H and O–H groups in total. The second-order valence-electron chi connectivity index (χ2n) is 5.43. The Hall–Kier alpha value is -1.15. The lowest BCUT2D eigenvalue weighted by atomic mass is 10.1. The topological polar surface area (TPSA) is 110 Å². The van der Waals surface area contributed by atoms with E-state index in [0.29, 0.717) is 25.8 Å². The maximum absolute atomic E-state index is 12.5. The van der Waals surface area contributed by atoms with E-state index in [-0.39, 0.29) is 18.3 Å². The number of hydrogen-bond acceptors (Lipinski definition) is 5. The molecule has 2 aliphatic heterocycles. The van der Waals surface area contributed by atoms with Gasteiger partial charge in [0.15, 0.2) is 9.84 Å². The van der Waals surface area contributed by atoms with Crippen molar-refractivity contribution in [2.75, 3.05) is 25.4 Å². The summed E-state index contributed by atoms with van der Waals surface area (Å²) < 4.78 is 24.1. The minimum absolute atomic E-state index is 0.0523. The van der Waals surface area contributed by atoms with Crippen LogP contribution in [0.3, 0.4) is 0 Å². The molecule has 0 radical (unpaired) electrons. The Morgan fingerprint density at radius 2 is 2.00 bits per heavy atom. The van der Waals surface area contributed by atoms with E-state index in [1.807, 2.05) is 0 Å². The Morgan fingerprint density at radius 1 is 1.25 bits per heavy atom. The number of amides is 2. The Kier molecular flexibility index (Phi) is 4.64. The van der Waals surface area contributed by atoms with Crippen molar-refractivity contribution >= 4 is 21.7 Å². The van der Waals surface area contributed by atoms with Crippen LogP contribution in [0.2, 0.25) is 0 Å². The van der Waals surface area contributed by atoms with Gasteiger partial charge in [0.2, 0.25) is 11.8 Å². The number of carbonyl (C=O) groups is 2. The molecule has 0 saturated carbocycles. The van der Waals surface area contributed by atoms with Gasteiger partial charge < -0.3 is 16.0 Å². The zero-order chi connectivity index (χ0) is 14.8. The number of carbonyl (C=O) groups excluding carboxylic acids is 2. The summed E-state index contributed by atoms with van der Waals surface area (Å²) in [6, 6.07) is -0.146. The third-order valence-electron chi connectivity index (χ3n) is 3.94. The average Bonchev–Trinajstić information content (AvgIpc) is 2.88. The Balaban J connectivity index is 2.18. The summed E-state index contributed by atoms with van der Waals surface area (Å²) >= 11 is 0. The maximum Gasteiger partial charge on any atom is 0.241 e. The van der Waals surface area contributed by atoms with Crippen LogP contribution in [-0.2, 0) is 19.4 Å². The molecule has 8 heteroatoms.